The summed E-state index contributed by atoms with van der Waals surface area (Å²) in [4.78, 5) is 6.98. The van der Waals surface area contributed by atoms with Crippen LogP contribution in [-0.2, 0) is 11.2 Å². The quantitative estimate of drug-likeness (QED) is 0.861. The van der Waals surface area contributed by atoms with E-state index in [2.05, 4.69) is 55.7 Å². The van der Waals surface area contributed by atoms with Crippen molar-refractivity contribution in [3.8, 4) is 0 Å². The summed E-state index contributed by atoms with van der Waals surface area (Å²) in [5.41, 5.74) is 1.44. The lowest BCUT2D eigenvalue weighted by Crippen LogP contribution is -2.35. The van der Waals surface area contributed by atoms with Gasteiger partial charge in [-0.2, -0.15) is 10.1 Å². The molecule has 2 fully saturated rings. The smallest absolute Gasteiger partial charge is 0.244 e. The van der Waals surface area contributed by atoms with Crippen LogP contribution in [0.3, 0.4) is 0 Å². The van der Waals surface area contributed by atoms with Crippen LogP contribution in [0.2, 0.25) is 0 Å². The second kappa shape index (κ2) is 8.45. The van der Waals surface area contributed by atoms with Crippen molar-refractivity contribution in [1.82, 2.24) is 15.2 Å². The summed E-state index contributed by atoms with van der Waals surface area (Å²) < 4.78 is 5.63. The average molecular weight is 353 g/mol. The maximum atomic E-state index is 5.63. The normalized spacial score (nSPS) is 21.1. The van der Waals surface area contributed by atoms with E-state index in [-0.39, 0.29) is 6.10 Å². The number of hydrogen-bond acceptors (Lipinski definition) is 6. The number of aromatic nitrogens is 3. The molecule has 2 aromatic rings. The molecule has 0 spiro atoms. The average Bonchev–Trinajstić information content (AvgIpc) is 3.22. The van der Waals surface area contributed by atoms with Crippen molar-refractivity contribution in [3.05, 3.63) is 42.1 Å². The Kier molecular flexibility index (Phi) is 5.59. The van der Waals surface area contributed by atoms with Crippen LogP contribution in [0, 0.1) is 5.92 Å². The molecular weight excluding hydrogens is 326 g/mol. The molecule has 0 saturated carbocycles. The minimum atomic E-state index is 0.274. The fourth-order valence-corrected chi connectivity index (χ4v) is 3.85. The van der Waals surface area contributed by atoms with E-state index in [1.807, 2.05) is 0 Å². The predicted octanol–water partition coefficient (Wildman–Crippen LogP) is 2.92. The highest BCUT2D eigenvalue weighted by atomic mass is 16.5. The Morgan fingerprint density at radius 3 is 2.73 bits per heavy atom. The lowest BCUT2D eigenvalue weighted by molar-refractivity contribution is 0.120. The summed E-state index contributed by atoms with van der Waals surface area (Å²) in [5, 5.41) is 11.5. The Balaban J connectivity index is 1.29. The summed E-state index contributed by atoms with van der Waals surface area (Å²) in [6, 6.07) is 10.8. The van der Waals surface area contributed by atoms with Gasteiger partial charge in [-0.25, -0.2) is 0 Å². The Labute approximate surface area is 155 Å². The number of piperidine rings is 1. The van der Waals surface area contributed by atoms with Crippen LogP contribution in [0.5, 0.6) is 0 Å². The summed E-state index contributed by atoms with van der Waals surface area (Å²) in [7, 11) is 0. The first-order valence-corrected chi connectivity index (χ1v) is 9.71. The van der Waals surface area contributed by atoms with Gasteiger partial charge in [0.25, 0.3) is 0 Å². The van der Waals surface area contributed by atoms with E-state index < -0.39 is 0 Å². The van der Waals surface area contributed by atoms with Crippen molar-refractivity contribution >= 4 is 11.8 Å². The highest BCUT2D eigenvalue weighted by molar-refractivity contribution is 5.40. The monoisotopic (exact) mass is 353 g/mol. The first kappa shape index (κ1) is 17.2. The molecule has 3 heterocycles. The second-order valence-electron chi connectivity index (χ2n) is 7.27. The van der Waals surface area contributed by atoms with Crippen molar-refractivity contribution in [3.63, 3.8) is 0 Å². The van der Waals surface area contributed by atoms with Gasteiger partial charge in [0.2, 0.25) is 5.95 Å². The van der Waals surface area contributed by atoms with Crippen LogP contribution in [0.1, 0.15) is 31.2 Å². The summed E-state index contributed by atoms with van der Waals surface area (Å²) in [6.07, 6.45) is 7.85. The topological polar surface area (TPSA) is 63.2 Å². The first-order valence-electron chi connectivity index (χ1n) is 9.71. The molecule has 0 aliphatic carbocycles. The van der Waals surface area contributed by atoms with E-state index >= 15 is 0 Å². The Hall–Kier alpha value is -2.21. The SMILES string of the molecule is c1ccc(CC2CCN(c3cnnc(NCC4CCCO4)n3)CC2)cc1. The zero-order valence-corrected chi connectivity index (χ0v) is 15.2. The minimum Gasteiger partial charge on any atom is -0.376 e. The van der Waals surface area contributed by atoms with Gasteiger partial charge in [-0.05, 0) is 43.6 Å². The molecule has 2 aliphatic heterocycles. The lowest BCUT2D eigenvalue weighted by atomic mass is 9.90. The first-order chi connectivity index (χ1) is 12.9. The number of ether oxygens (including phenoxy) is 1. The van der Waals surface area contributed by atoms with Crippen LogP contribution in [-0.4, -0.2) is 47.5 Å². The molecule has 2 aliphatic rings. The van der Waals surface area contributed by atoms with Gasteiger partial charge < -0.3 is 15.0 Å². The summed E-state index contributed by atoms with van der Waals surface area (Å²) in [5.74, 6) is 2.28. The van der Waals surface area contributed by atoms with Crippen molar-refractivity contribution in [1.29, 1.82) is 0 Å². The highest BCUT2D eigenvalue weighted by Gasteiger charge is 2.21. The molecule has 0 bridgehead atoms. The van der Waals surface area contributed by atoms with E-state index in [4.69, 9.17) is 4.74 Å². The zero-order valence-electron chi connectivity index (χ0n) is 15.2. The third kappa shape index (κ3) is 4.49. The van der Waals surface area contributed by atoms with Crippen molar-refractivity contribution in [2.24, 2.45) is 5.92 Å². The fourth-order valence-electron chi connectivity index (χ4n) is 3.85. The number of hydrogen-bond donors (Lipinski definition) is 1. The van der Waals surface area contributed by atoms with Gasteiger partial charge in [0, 0.05) is 26.2 Å². The van der Waals surface area contributed by atoms with Crippen LogP contribution in [0.4, 0.5) is 11.8 Å². The van der Waals surface area contributed by atoms with Gasteiger partial charge in [-0.15, -0.1) is 5.10 Å². The van der Waals surface area contributed by atoms with Gasteiger partial charge in [0.1, 0.15) is 0 Å². The molecule has 0 amide bonds. The number of rotatable bonds is 6. The minimum absolute atomic E-state index is 0.274. The lowest BCUT2D eigenvalue weighted by Gasteiger charge is -2.32. The largest absolute Gasteiger partial charge is 0.376 e. The molecule has 6 heteroatoms. The van der Waals surface area contributed by atoms with Crippen molar-refractivity contribution in [2.45, 2.75) is 38.2 Å². The van der Waals surface area contributed by atoms with Gasteiger partial charge in [-0.3, -0.25) is 0 Å². The van der Waals surface area contributed by atoms with E-state index in [1.54, 1.807) is 6.20 Å². The Bertz CT molecular complexity index is 682. The predicted molar refractivity (Wildman–Crippen MR) is 102 cm³/mol. The fraction of sp³-hybridized carbons (Fsp3) is 0.550. The summed E-state index contributed by atoms with van der Waals surface area (Å²) in [6.45, 7) is 3.68. The molecule has 2 saturated heterocycles. The second-order valence-corrected chi connectivity index (χ2v) is 7.27. The van der Waals surface area contributed by atoms with E-state index in [1.165, 1.54) is 24.8 Å². The van der Waals surface area contributed by atoms with E-state index in [9.17, 15) is 0 Å². The zero-order chi connectivity index (χ0) is 17.6. The molecule has 0 radical (unpaired) electrons. The molecule has 26 heavy (non-hydrogen) atoms. The third-order valence-electron chi connectivity index (χ3n) is 5.36. The molecule has 1 aromatic heterocycles. The van der Waals surface area contributed by atoms with Crippen LogP contribution >= 0.6 is 0 Å². The molecule has 6 nitrogen and oxygen atoms in total. The number of nitrogens with one attached hydrogen (secondary N) is 1. The molecular formula is C20H27N5O. The molecule has 138 valence electrons. The maximum absolute atomic E-state index is 5.63. The standard InChI is InChI=1S/C20H27N5O/c1-2-5-16(6-3-1)13-17-8-10-25(11-9-17)19-15-22-24-20(23-19)21-14-18-7-4-12-26-18/h1-3,5-6,15,17-18H,4,7-14H2,(H,21,23,24). The Morgan fingerprint density at radius 2 is 1.96 bits per heavy atom. The van der Waals surface area contributed by atoms with Gasteiger partial charge in [0.15, 0.2) is 5.82 Å². The van der Waals surface area contributed by atoms with E-state index in [0.717, 1.165) is 50.8 Å². The van der Waals surface area contributed by atoms with E-state index in [0.29, 0.717) is 5.95 Å². The number of nitrogens with zero attached hydrogens (tertiary/aromatic N) is 4. The van der Waals surface area contributed by atoms with Gasteiger partial charge in [0.05, 0.1) is 12.3 Å². The van der Waals surface area contributed by atoms with Crippen molar-refractivity contribution < 1.29 is 4.74 Å². The molecule has 1 N–H and O–H groups in total. The van der Waals surface area contributed by atoms with Crippen LogP contribution < -0.4 is 10.2 Å². The van der Waals surface area contributed by atoms with Crippen molar-refractivity contribution in [2.75, 3.05) is 36.5 Å². The number of anilines is 2. The molecule has 1 atom stereocenters. The number of benzene rings is 1. The molecule has 1 unspecified atom stereocenters. The summed E-state index contributed by atoms with van der Waals surface area (Å²) >= 11 is 0. The molecule has 1 aromatic carbocycles. The van der Waals surface area contributed by atoms with Gasteiger partial charge in [-0.1, -0.05) is 30.3 Å². The van der Waals surface area contributed by atoms with Crippen LogP contribution in [0.25, 0.3) is 0 Å². The highest BCUT2D eigenvalue weighted by Crippen LogP contribution is 2.24. The third-order valence-corrected chi connectivity index (χ3v) is 5.36. The van der Waals surface area contributed by atoms with Gasteiger partial charge >= 0.3 is 0 Å². The maximum Gasteiger partial charge on any atom is 0.244 e. The van der Waals surface area contributed by atoms with Crippen LogP contribution in [0.15, 0.2) is 36.5 Å². The molecule has 4 rings (SSSR count). The Morgan fingerprint density at radius 1 is 1.12 bits per heavy atom.